The summed E-state index contributed by atoms with van der Waals surface area (Å²) in [5.41, 5.74) is 0.525. The predicted molar refractivity (Wildman–Crippen MR) is 96.3 cm³/mol. The summed E-state index contributed by atoms with van der Waals surface area (Å²) in [4.78, 5) is 14.0. The minimum absolute atomic E-state index is 0.169. The fourth-order valence-corrected chi connectivity index (χ4v) is 4.32. The van der Waals surface area contributed by atoms with E-state index in [1.54, 1.807) is 17.0 Å². The summed E-state index contributed by atoms with van der Waals surface area (Å²) in [5, 5.41) is 2.90. The molecule has 1 N–H and O–H groups in total. The molecule has 1 aromatic carbocycles. The SMILES string of the molecule is COc1ccc(C)cc1S(=O)(=O)N1CCN(C(=O)NC(C)(C)C)CC1. The van der Waals surface area contributed by atoms with Crippen molar-refractivity contribution in [2.45, 2.75) is 38.1 Å². The third-order valence-electron chi connectivity index (χ3n) is 3.94. The molecule has 0 saturated carbocycles. The molecule has 0 aromatic heterocycles. The minimum Gasteiger partial charge on any atom is -0.495 e. The van der Waals surface area contributed by atoms with Crippen molar-refractivity contribution in [3.8, 4) is 5.75 Å². The van der Waals surface area contributed by atoms with Gasteiger partial charge in [0.15, 0.2) is 0 Å². The number of hydrogen-bond donors (Lipinski definition) is 1. The van der Waals surface area contributed by atoms with Gasteiger partial charge in [-0.3, -0.25) is 0 Å². The summed E-state index contributed by atoms with van der Waals surface area (Å²) < 4.78 is 32.5. The van der Waals surface area contributed by atoms with E-state index in [9.17, 15) is 13.2 Å². The van der Waals surface area contributed by atoms with Gasteiger partial charge in [0.25, 0.3) is 0 Å². The van der Waals surface area contributed by atoms with E-state index in [0.717, 1.165) is 5.56 Å². The van der Waals surface area contributed by atoms with Crippen LogP contribution in [-0.4, -0.2) is 62.5 Å². The Hall–Kier alpha value is -1.80. The van der Waals surface area contributed by atoms with E-state index in [1.165, 1.54) is 11.4 Å². The molecule has 7 nitrogen and oxygen atoms in total. The number of methoxy groups -OCH3 is 1. The van der Waals surface area contributed by atoms with Crippen molar-refractivity contribution in [2.75, 3.05) is 33.3 Å². The van der Waals surface area contributed by atoms with Crippen LogP contribution in [0.15, 0.2) is 23.1 Å². The van der Waals surface area contributed by atoms with Gasteiger partial charge in [0, 0.05) is 31.7 Å². The number of carbonyl (C=O) groups excluding carboxylic acids is 1. The number of nitrogens with one attached hydrogen (secondary N) is 1. The molecule has 0 spiro atoms. The van der Waals surface area contributed by atoms with E-state index < -0.39 is 10.0 Å². The van der Waals surface area contributed by atoms with Crippen LogP contribution in [0.25, 0.3) is 0 Å². The highest BCUT2D eigenvalue weighted by molar-refractivity contribution is 7.89. The molecule has 1 aliphatic rings. The lowest BCUT2D eigenvalue weighted by molar-refractivity contribution is 0.165. The molecule has 1 aliphatic heterocycles. The molecule has 0 radical (unpaired) electrons. The third kappa shape index (κ3) is 4.64. The quantitative estimate of drug-likeness (QED) is 0.881. The molecule has 1 aromatic rings. The normalized spacial score (nSPS) is 16.6. The van der Waals surface area contributed by atoms with E-state index in [1.807, 2.05) is 33.8 Å². The van der Waals surface area contributed by atoms with Crippen LogP contribution in [0.5, 0.6) is 5.75 Å². The van der Waals surface area contributed by atoms with Gasteiger partial charge < -0.3 is 15.0 Å². The summed E-state index contributed by atoms with van der Waals surface area (Å²) in [6.07, 6.45) is 0. The zero-order valence-corrected chi connectivity index (χ0v) is 16.3. The average Bonchev–Trinajstić information content (AvgIpc) is 2.53. The fraction of sp³-hybridized carbons (Fsp3) is 0.588. The van der Waals surface area contributed by atoms with E-state index in [0.29, 0.717) is 18.8 Å². The van der Waals surface area contributed by atoms with Crippen LogP contribution >= 0.6 is 0 Å². The molecule has 8 heteroatoms. The maximum Gasteiger partial charge on any atom is 0.317 e. The molecule has 1 fully saturated rings. The number of aryl methyl sites for hydroxylation is 1. The lowest BCUT2D eigenvalue weighted by Gasteiger charge is -2.35. The molecular weight excluding hydrogens is 342 g/mol. The topological polar surface area (TPSA) is 79.0 Å². The Morgan fingerprint density at radius 3 is 2.28 bits per heavy atom. The number of ether oxygens (including phenoxy) is 1. The first-order valence-electron chi connectivity index (χ1n) is 8.26. The first-order valence-corrected chi connectivity index (χ1v) is 9.70. The Labute approximate surface area is 150 Å². The Morgan fingerprint density at radius 2 is 1.76 bits per heavy atom. The highest BCUT2D eigenvalue weighted by Crippen LogP contribution is 2.28. The Bertz CT molecular complexity index is 733. The molecule has 0 bridgehead atoms. The van der Waals surface area contributed by atoms with Crippen molar-refractivity contribution in [3.63, 3.8) is 0 Å². The van der Waals surface area contributed by atoms with Crippen LogP contribution in [-0.2, 0) is 10.0 Å². The third-order valence-corrected chi connectivity index (χ3v) is 5.86. The summed E-state index contributed by atoms with van der Waals surface area (Å²) >= 11 is 0. The number of nitrogens with zero attached hydrogens (tertiary/aromatic N) is 2. The van der Waals surface area contributed by atoms with Crippen molar-refractivity contribution in [1.29, 1.82) is 0 Å². The monoisotopic (exact) mass is 369 g/mol. The van der Waals surface area contributed by atoms with Crippen LogP contribution in [0.3, 0.4) is 0 Å². The largest absolute Gasteiger partial charge is 0.495 e. The maximum absolute atomic E-state index is 13.0. The zero-order valence-electron chi connectivity index (χ0n) is 15.5. The molecular formula is C17H27N3O4S. The molecule has 25 heavy (non-hydrogen) atoms. The first kappa shape index (κ1) is 19.5. The number of rotatable bonds is 3. The number of amides is 2. The molecule has 2 amide bonds. The second-order valence-electron chi connectivity index (χ2n) is 7.23. The number of carbonyl (C=O) groups is 1. The first-order chi connectivity index (χ1) is 11.5. The fourth-order valence-electron chi connectivity index (χ4n) is 2.66. The lowest BCUT2D eigenvalue weighted by Crippen LogP contribution is -2.55. The van der Waals surface area contributed by atoms with Crippen molar-refractivity contribution in [3.05, 3.63) is 23.8 Å². The Morgan fingerprint density at radius 1 is 1.16 bits per heavy atom. The van der Waals surface area contributed by atoms with E-state index in [2.05, 4.69) is 5.32 Å². The van der Waals surface area contributed by atoms with Crippen LogP contribution in [0, 0.1) is 6.92 Å². The molecule has 0 unspecified atom stereocenters. The number of benzene rings is 1. The van der Waals surface area contributed by atoms with Gasteiger partial charge in [0.1, 0.15) is 10.6 Å². The number of sulfonamides is 1. The van der Waals surface area contributed by atoms with Gasteiger partial charge in [-0.15, -0.1) is 0 Å². The lowest BCUT2D eigenvalue weighted by atomic mass is 10.1. The van der Waals surface area contributed by atoms with Crippen LogP contribution in [0.2, 0.25) is 0 Å². The second kappa shape index (κ2) is 7.21. The van der Waals surface area contributed by atoms with Gasteiger partial charge in [-0.05, 0) is 45.4 Å². The van der Waals surface area contributed by atoms with Gasteiger partial charge >= 0.3 is 6.03 Å². The van der Waals surface area contributed by atoms with Gasteiger partial charge in [0.2, 0.25) is 10.0 Å². The summed E-state index contributed by atoms with van der Waals surface area (Å²) in [5.74, 6) is 0.332. The molecule has 140 valence electrons. The minimum atomic E-state index is -3.66. The second-order valence-corrected chi connectivity index (χ2v) is 9.13. The highest BCUT2D eigenvalue weighted by Gasteiger charge is 2.32. The number of urea groups is 1. The van der Waals surface area contributed by atoms with Crippen LogP contribution in [0.1, 0.15) is 26.3 Å². The van der Waals surface area contributed by atoms with Crippen molar-refractivity contribution < 1.29 is 17.9 Å². The van der Waals surface area contributed by atoms with Gasteiger partial charge in [0.05, 0.1) is 7.11 Å². The summed E-state index contributed by atoms with van der Waals surface area (Å²) in [6.45, 7) is 8.81. The van der Waals surface area contributed by atoms with Crippen molar-refractivity contribution in [1.82, 2.24) is 14.5 Å². The smallest absolute Gasteiger partial charge is 0.317 e. The predicted octanol–water partition coefficient (Wildman–Crippen LogP) is 1.82. The molecule has 1 saturated heterocycles. The van der Waals surface area contributed by atoms with Gasteiger partial charge in [-0.25, -0.2) is 13.2 Å². The van der Waals surface area contributed by atoms with Gasteiger partial charge in [-0.2, -0.15) is 4.31 Å². The zero-order chi connectivity index (χ0) is 18.8. The highest BCUT2D eigenvalue weighted by atomic mass is 32.2. The van der Waals surface area contributed by atoms with E-state index >= 15 is 0 Å². The summed E-state index contributed by atoms with van der Waals surface area (Å²) in [7, 11) is -2.20. The average molecular weight is 369 g/mol. The number of piperazine rings is 1. The van der Waals surface area contributed by atoms with Crippen molar-refractivity contribution in [2.24, 2.45) is 0 Å². The maximum atomic E-state index is 13.0. The van der Waals surface area contributed by atoms with Crippen LogP contribution < -0.4 is 10.1 Å². The molecule has 0 aliphatic carbocycles. The van der Waals surface area contributed by atoms with Crippen molar-refractivity contribution >= 4 is 16.1 Å². The standard InChI is InChI=1S/C17H27N3O4S/c1-13-6-7-14(24-5)15(12-13)25(22,23)20-10-8-19(9-11-20)16(21)18-17(2,3)4/h6-7,12H,8-11H2,1-5H3,(H,18,21). The Kier molecular flexibility index (Phi) is 5.63. The number of hydrogen-bond acceptors (Lipinski definition) is 4. The van der Waals surface area contributed by atoms with Gasteiger partial charge in [-0.1, -0.05) is 6.07 Å². The molecule has 1 heterocycles. The molecule has 2 rings (SSSR count). The van der Waals surface area contributed by atoms with E-state index in [4.69, 9.17) is 4.74 Å². The van der Waals surface area contributed by atoms with E-state index in [-0.39, 0.29) is 29.6 Å². The summed E-state index contributed by atoms with van der Waals surface area (Å²) in [6, 6.07) is 4.92. The van der Waals surface area contributed by atoms with Crippen LogP contribution in [0.4, 0.5) is 4.79 Å². The molecule has 0 atom stereocenters. The Balaban J connectivity index is 2.12.